The molecule has 3 aromatic rings. The van der Waals surface area contributed by atoms with E-state index in [4.69, 9.17) is 32.5 Å². The lowest BCUT2D eigenvalue weighted by Gasteiger charge is -2.07. The molecule has 26 heavy (non-hydrogen) atoms. The molecule has 0 radical (unpaired) electrons. The molecule has 0 fully saturated rings. The summed E-state index contributed by atoms with van der Waals surface area (Å²) in [5.74, 6) is 0.811. The fourth-order valence-corrected chi connectivity index (χ4v) is 3.64. The normalized spacial score (nSPS) is 11.5. The lowest BCUT2D eigenvalue weighted by atomic mass is 10.2. The third-order valence-corrected chi connectivity index (χ3v) is 5.33. The van der Waals surface area contributed by atoms with Crippen LogP contribution >= 0.6 is 23.2 Å². The summed E-state index contributed by atoms with van der Waals surface area (Å²) in [5, 5.41) is 4.54. The highest BCUT2D eigenvalue weighted by atomic mass is 35.5. The Kier molecular flexibility index (Phi) is 5.47. The highest BCUT2D eigenvalue weighted by Crippen LogP contribution is 2.27. The molecule has 3 rings (SSSR count). The van der Waals surface area contributed by atoms with Gasteiger partial charge in [0.15, 0.2) is 0 Å². The molecule has 1 heterocycles. The zero-order chi connectivity index (χ0) is 18.7. The highest BCUT2D eigenvalue weighted by Gasteiger charge is 2.18. The minimum Gasteiger partial charge on any atom is -0.495 e. The highest BCUT2D eigenvalue weighted by molar-refractivity contribution is 7.89. The summed E-state index contributed by atoms with van der Waals surface area (Å²) in [6.07, 6.45) is 0. The molecule has 0 aliphatic heterocycles. The molecule has 1 aromatic heterocycles. The molecule has 1 N–H and O–H groups in total. The molecule has 0 saturated heterocycles. The van der Waals surface area contributed by atoms with Crippen LogP contribution in [0.25, 0.3) is 11.4 Å². The number of aromatic nitrogens is 2. The van der Waals surface area contributed by atoms with E-state index in [1.807, 2.05) is 0 Å². The summed E-state index contributed by atoms with van der Waals surface area (Å²) in [6, 6.07) is 11.1. The van der Waals surface area contributed by atoms with Gasteiger partial charge >= 0.3 is 0 Å². The lowest BCUT2D eigenvalue weighted by Crippen LogP contribution is -2.23. The van der Waals surface area contributed by atoms with Crippen LogP contribution in [0.1, 0.15) is 5.89 Å². The molecule has 0 unspecified atom stereocenters. The van der Waals surface area contributed by atoms with E-state index in [1.165, 1.54) is 25.3 Å². The van der Waals surface area contributed by atoms with Gasteiger partial charge in [0.2, 0.25) is 21.7 Å². The molecule has 0 saturated carbocycles. The monoisotopic (exact) mass is 413 g/mol. The molecule has 0 aliphatic carbocycles. The molecule has 10 heteroatoms. The first-order valence-corrected chi connectivity index (χ1v) is 9.55. The number of hydrogen-bond donors (Lipinski definition) is 1. The van der Waals surface area contributed by atoms with Crippen molar-refractivity contribution < 1.29 is 17.7 Å². The zero-order valence-electron chi connectivity index (χ0n) is 13.4. The van der Waals surface area contributed by atoms with Crippen molar-refractivity contribution >= 4 is 33.2 Å². The van der Waals surface area contributed by atoms with E-state index in [0.29, 0.717) is 22.2 Å². The van der Waals surface area contributed by atoms with Crippen molar-refractivity contribution in [1.29, 1.82) is 0 Å². The van der Waals surface area contributed by atoms with Crippen molar-refractivity contribution in [1.82, 2.24) is 14.9 Å². The van der Waals surface area contributed by atoms with Crippen molar-refractivity contribution in [3.05, 3.63) is 58.4 Å². The van der Waals surface area contributed by atoms with E-state index in [-0.39, 0.29) is 22.4 Å². The van der Waals surface area contributed by atoms with E-state index in [9.17, 15) is 8.42 Å². The Morgan fingerprint density at radius 3 is 2.69 bits per heavy atom. The topological polar surface area (TPSA) is 94.3 Å². The molecule has 0 atom stereocenters. The van der Waals surface area contributed by atoms with Gasteiger partial charge in [-0.25, -0.2) is 13.1 Å². The van der Waals surface area contributed by atoms with Crippen molar-refractivity contribution in [3.8, 4) is 17.1 Å². The SMILES string of the molecule is COc1ccc(S(=O)(=O)NCc2nc(-c3cccc(Cl)c3)no2)cc1Cl. The molecule has 0 aliphatic rings. The molecule has 0 bridgehead atoms. The molecular formula is C16H13Cl2N3O4S. The minimum atomic E-state index is -3.81. The Hall–Kier alpha value is -2.13. The van der Waals surface area contributed by atoms with Crippen LogP contribution in [0.4, 0.5) is 0 Å². The Morgan fingerprint density at radius 2 is 2.00 bits per heavy atom. The van der Waals surface area contributed by atoms with E-state index in [0.717, 1.165) is 0 Å². The summed E-state index contributed by atoms with van der Waals surface area (Å²) in [5.41, 5.74) is 0.664. The van der Waals surface area contributed by atoms with Crippen LogP contribution in [-0.2, 0) is 16.6 Å². The third kappa shape index (κ3) is 4.16. The Labute approximate surface area is 159 Å². The average Bonchev–Trinajstić information content (AvgIpc) is 3.09. The number of hydrogen-bond acceptors (Lipinski definition) is 6. The van der Waals surface area contributed by atoms with Gasteiger partial charge in [-0.15, -0.1) is 0 Å². The summed E-state index contributed by atoms with van der Waals surface area (Å²) in [7, 11) is -2.36. The smallest absolute Gasteiger partial charge is 0.242 e. The fourth-order valence-electron chi connectivity index (χ4n) is 2.13. The summed E-state index contributed by atoms with van der Waals surface area (Å²) in [6.45, 7) is -0.167. The van der Waals surface area contributed by atoms with Crippen LogP contribution in [0.2, 0.25) is 10.0 Å². The molecule has 136 valence electrons. The number of sulfonamides is 1. The zero-order valence-corrected chi connectivity index (χ0v) is 15.8. The second kappa shape index (κ2) is 7.63. The predicted octanol–water partition coefficient (Wildman–Crippen LogP) is 3.53. The maximum absolute atomic E-state index is 12.4. The Bertz CT molecular complexity index is 1040. The van der Waals surface area contributed by atoms with Gasteiger partial charge in [-0.05, 0) is 30.3 Å². The summed E-state index contributed by atoms with van der Waals surface area (Å²) >= 11 is 11.9. The first kappa shape index (κ1) is 18.7. The van der Waals surface area contributed by atoms with Crippen LogP contribution in [0.5, 0.6) is 5.75 Å². The molecule has 2 aromatic carbocycles. The van der Waals surface area contributed by atoms with E-state index in [2.05, 4.69) is 14.9 Å². The van der Waals surface area contributed by atoms with Crippen molar-refractivity contribution in [3.63, 3.8) is 0 Å². The van der Waals surface area contributed by atoms with Crippen LogP contribution in [0, 0.1) is 0 Å². The van der Waals surface area contributed by atoms with Gasteiger partial charge in [0.05, 0.1) is 23.6 Å². The molecule has 7 nitrogen and oxygen atoms in total. The summed E-state index contributed by atoms with van der Waals surface area (Å²) in [4.78, 5) is 4.15. The number of nitrogens with zero attached hydrogens (tertiary/aromatic N) is 2. The van der Waals surface area contributed by atoms with Crippen molar-refractivity contribution in [2.75, 3.05) is 7.11 Å². The first-order valence-electron chi connectivity index (χ1n) is 7.31. The first-order chi connectivity index (χ1) is 12.4. The Balaban J connectivity index is 1.73. The summed E-state index contributed by atoms with van der Waals surface area (Å²) < 4.78 is 37.2. The van der Waals surface area contributed by atoms with E-state index >= 15 is 0 Å². The molecule has 0 amide bonds. The van der Waals surface area contributed by atoms with Crippen LogP contribution in [-0.4, -0.2) is 25.7 Å². The fraction of sp³-hybridized carbons (Fsp3) is 0.125. The quantitative estimate of drug-likeness (QED) is 0.663. The largest absolute Gasteiger partial charge is 0.495 e. The van der Waals surface area contributed by atoms with Crippen LogP contribution in [0.15, 0.2) is 51.9 Å². The molecule has 0 spiro atoms. The number of methoxy groups -OCH3 is 1. The second-order valence-electron chi connectivity index (χ2n) is 5.14. The molecular weight excluding hydrogens is 401 g/mol. The van der Waals surface area contributed by atoms with E-state index < -0.39 is 10.0 Å². The van der Waals surface area contributed by atoms with Gasteiger partial charge in [-0.2, -0.15) is 4.98 Å². The number of nitrogens with one attached hydrogen (secondary N) is 1. The van der Waals surface area contributed by atoms with Gasteiger partial charge in [-0.3, -0.25) is 0 Å². The van der Waals surface area contributed by atoms with Crippen LogP contribution < -0.4 is 9.46 Å². The predicted molar refractivity (Wildman–Crippen MR) is 96.8 cm³/mol. The van der Waals surface area contributed by atoms with Gasteiger partial charge in [0, 0.05) is 10.6 Å². The average molecular weight is 414 g/mol. The Morgan fingerprint density at radius 1 is 1.19 bits per heavy atom. The number of rotatable bonds is 6. The lowest BCUT2D eigenvalue weighted by molar-refractivity contribution is 0.376. The van der Waals surface area contributed by atoms with Gasteiger partial charge < -0.3 is 9.26 Å². The van der Waals surface area contributed by atoms with Crippen molar-refractivity contribution in [2.45, 2.75) is 11.4 Å². The number of halogens is 2. The number of ether oxygens (including phenoxy) is 1. The van der Waals surface area contributed by atoms with E-state index in [1.54, 1.807) is 24.3 Å². The van der Waals surface area contributed by atoms with Gasteiger partial charge in [0.25, 0.3) is 0 Å². The standard InChI is InChI=1S/C16H13Cl2N3O4S/c1-24-14-6-5-12(8-13(14)18)26(22,23)19-9-15-20-16(21-25-15)10-3-2-4-11(17)7-10/h2-8,19H,9H2,1H3. The maximum atomic E-state index is 12.4. The van der Waals surface area contributed by atoms with Gasteiger partial charge in [0.1, 0.15) is 5.75 Å². The second-order valence-corrected chi connectivity index (χ2v) is 7.75. The minimum absolute atomic E-state index is 0.00196. The van der Waals surface area contributed by atoms with Crippen molar-refractivity contribution in [2.24, 2.45) is 0 Å². The van der Waals surface area contributed by atoms with Crippen LogP contribution in [0.3, 0.4) is 0 Å². The maximum Gasteiger partial charge on any atom is 0.242 e. The third-order valence-electron chi connectivity index (χ3n) is 3.40. The van der Waals surface area contributed by atoms with Gasteiger partial charge in [-0.1, -0.05) is 40.5 Å². The number of benzene rings is 2.